The third kappa shape index (κ3) is 3.57. The highest BCUT2D eigenvalue weighted by Gasteiger charge is 2.21. The van der Waals surface area contributed by atoms with Crippen LogP contribution in [-0.2, 0) is 6.54 Å². The highest BCUT2D eigenvalue weighted by atomic mass is 35.5. The molecule has 0 atom stereocenters. The molecule has 2 aromatic rings. The van der Waals surface area contributed by atoms with E-state index in [-0.39, 0.29) is 29.0 Å². The second-order valence-electron chi connectivity index (χ2n) is 4.90. The van der Waals surface area contributed by atoms with Crippen LogP contribution in [0.1, 0.15) is 31.5 Å². The number of rotatable bonds is 5. The first-order valence-corrected chi connectivity index (χ1v) is 6.81. The monoisotopic (exact) mass is 317 g/mol. The Morgan fingerprint density at radius 1 is 1.33 bits per heavy atom. The molecule has 7 heteroatoms. The molecule has 0 saturated heterocycles. The fourth-order valence-electron chi connectivity index (χ4n) is 1.90. The van der Waals surface area contributed by atoms with Gasteiger partial charge in [0.1, 0.15) is 11.5 Å². The van der Waals surface area contributed by atoms with Crippen molar-refractivity contribution in [2.24, 2.45) is 0 Å². The molecule has 0 spiro atoms. The molecule has 1 heterocycles. The van der Waals surface area contributed by atoms with Crippen LogP contribution in [0.3, 0.4) is 0 Å². The number of alkyl halides is 2. The molecule has 0 aliphatic carbocycles. The molecule has 0 unspecified atom stereocenters. The summed E-state index contributed by atoms with van der Waals surface area (Å²) in [6.07, 6.45) is -1.35. The summed E-state index contributed by atoms with van der Waals surface area (Å²) < 4.78 is 41.1. The highest BCUT2D eigenvalue weighted by Crippen LogP contribution is 2.27. The predicted molar refractivity (Wildman–Crippen MR) is 75.5 cm³/mol. The molecule has 0 saturated carbocycles. The van der Waals surface area contributed by atoms with E-state index >= 15 is 0 Å². The van der Waals surface area contributed by atoms with Gasteiger partial charge >= 0.3 is 0 Å². The van der Waals surface area contributed by atoms with Gasteiger partial charge in [0.15, 0.2) is 0 Å². The predicted octanol–water partition coefficient (Wildman–Crippen LogP) is 4.10. The number of nitrogens with one attached hydrogen (secondary N) is 1. The Morgan fingerprint density at radius 2 is 2.05 bits per heavy atom. The smallest absolute Gasteiger partial charge is 0.280 e. The van der Waals surface area contributed by atoms with E-state index in [1.54, 1.807) is 0 Å². The van der Waals surface area contributed by atoms with Crippen LogP contribution in [0.4, 0.5) is 13.2 Å². The minimum atomic E-state index is -2.71. The number of aromatic nitrogens is 2. The summed E-state index contributed by atoms with van der Waals surface area (Å²) in [6, 6.07) is 4.01. The number of nitrogens with zero attached hydrogens (tertiary/aromatic N) is 2. The van der Waals surface area contributed by atoms with Crippen molar-refractivity contribution in [2.75, 3.05) is 0 Å². The van der Waals surface area contributed by atoms with Crippen molar-refractivity contribution in [3.63, 3.8) is 0 Å². The van der Waals surface area contributed by atoms with Crippen LogP contribution in [-0.4, -0.2) is 15.8 Å². The molecule has 2 rings (SSSR count). The zero-order valence-corrected chi connectivity index (χ0v) is 12.3. The van der Waals surface area contributed by atoms with Gasteiger partial charge in [0, 0.05) is 24.2 Å². The van der Waals surface area contributed by atoms with Crippen molar-refractivity contribution in [1.29, 1.82) is 0 Å². The average Bonchev–Trinajstić information content (AvgIpc) is 2.83. The Labute approximate surface area is 125 Å². The maximum absolute atomic E-state index is 13.5. The van der Waals surface area contributed by atoms with E-state index < -0.39 is 12.2 Å². The van der Waals surface area contributed by atoms with Crippen LogP contribution in [0.15, 0.2) is 24.4 Å². The topological polar surface area (TPSA) is 29.9 Å². The second kappa shape index (κ2) is 6.49. The second-order valence-corrected chi connectivity index (χ2v) is 5.31. The summed E-state index contributed by atoms with van der Waals surface area (Å²) in [6.45, 7) is 4.11. The van der Waals surface area contributed by atoms with Crippen molar-refractivity contribution >= 4 is 11.6 Å². The molecule has 1 aromatic carbocycles. The summed E-state index contributed by atoms with van der Waals surface area (Å²) in [7, 11) is 0. The minimum absolute atomic E-state index is 0.0637. The zero-order chi connectivity index (χ0) is 15.6. The lowest BCUT2D eigenvalue weighted by atomic mass is 10.2. The Morgan fingerprint density at radius 3 is 2.62 bits per heavy atom. The molecule has 0 fully saturated rings. The third-order valence-corrected chi connectivity index (χ3v) is 3.25. The van der Waals surface area contributed by atoms with Gasteiger partial charge in [0.25, 0.3) is 6.43 Å². The maximum Gasteiger partial charge on any atom is 0.280 e. The molecule has 0 amide bonds. The summed E-state index contributed by atoms with van der Waals surface area (Å²) in [5, 5.41) is 6.94. The number of hydrogen-bond donors (Lipinski definition) is 1. The van der Waals surface area contributed by atoms with Crippen LogP contribution in [0.5, 0.6) is 0 Å². The van der Waals surface area contributed by atoms with Crippen LogP contribution in [0.25, 0.3) is 5.69 Å². The van der Waals surface area contributed by atoms with Crippen molar-refractivity contribution in [1.82, 2.24) is 15.1 Å². The summed E-state index contributed by atoms with van der Waals surface area (Å²) >= 11 is 5.60. The lowest BCUT2D eigenvalue weighted by Gasteiger charge is -2.11. The first-order valence-electron chi connectivity index (χ1n) is 6.44. The largest absolute Gasteiger partial charge is 0.310 e. The molecule has 21 heavy (non-hydrogen) atoms. The van der Waals surface area contributed by atoms with Gasteiger partial charge in [0.05, 0.1) is 16.9 Å². The average molecular weight is 318 g/mol. The molecule has 114 valence electrons. The van der Waals surface area contributed by atoms with Crippen molar-refractivity contribution in [2.45, 2.75) is 32.9 Å². The number of halogens is 4. The van der Waals surface area contributed by atoms with Gasteiger partial charge in [-0.15, -0.1) is 0 Å². The van der Waals surface area contributed by atoms with Gasteiger partial charge in [-0.1, -0.05) is 25.4 Å². The van der Waals surface area contributed by atoms with E-state index in [4.69, 9.17) is 11.6 Å². The van der Waals surface area contributed by atoms with E-state index in [1.165, 1.54) is 18.3 Å². The summed E-state index contributed by atoms with van der Waals surface area (Å²) in [4.78, 5) is 0. The lowest BCUT2D eigenvalue weighted by molar-refractivity contribution is 0.141. The van der Waals surface area contributed by atoms with Gasteiger partial charge < -0.3 is 5.32 Å². The first kappa shape index (κ1) is 15.9. The fraction of sp³-hybridized carbons (Fsp3) is 0.357. The van der Waals surface area contributed by atoms with E-state index in [2.05, 4.69) is 10.4 Å². The van der Waals surface area contributed by atoms with Crippen molar-refractivity contribution < 1.29 is 13.2 Å². The normalized spacial score (nSPS) is 11.6. The molecule has 1 N–H and O–H groups in total. The van der Waals surface area contributed by atoms with Gasteiger partial charge in [-0.05, 0) is 12.1 Å². The minimum Gasteiger partial charge on any atom is -0.310 e. The molecule has 0 bridgehead atoms. The van der Waals surface area contributed by atoms with Gasteiger partial charge in [-0.2, -0.15) is 5.10 Å². The van der Waals surface area contributed by atoms with Crippen LogP contribution >= 0.6 is 11.6 Å². The van der Waals surface area contributed by atoms with E-state index in [1.807, 2.05) is 13.8 Å². The lowest BCUT2D eigenvalue weighted by Crippen LogP contribution is -2.22. The Kier molecular flexibility index (Phi) is 4.90. The number of hydrogen-bond acceptors (Lipinski definition) is 2. The highest BCUT2D eigenvalue weighted by molar-refractivity contribution is 6.30. The molecule has 0 radical (unpaired) electrons. The quantitative estimate of drug-likeness (QED) is 0.899. The van der Waals surface area contributed by atoms with Crippen molar-refractivity contribution in [3.8, 4) is 5.69 Å². The van der Waals surface area contributed by atoms with E-state index in [0.717, 1.165) is 10.7 Å². The number of benzene rings is 1. The van der Waals surface area contributed by atoms with Gasteiger partial charge in [0.2, 0.25) is 0 Å². The third-order valence-electron chi connectivity index (χ3n) is 2.94. The molecule has 3 nitrogen and oxygen atoms in total. The standard InChI is InChI=1S/C14H15ClF3N3/c1-8(2)19-6-9-7-20-21(13(9)14(17)18)10-3-4-11(15)12(16)5-10/h3-5,7-8,14,19H,6H2,1-2H3. The summed E-state index contributed by atoms with van der Waals surface area (Å²) in [5.41, 5.74) is 0.349. The van der Waals surface area contributed by atoms with E-state index in [0.29, 0.717) is 5.56 Å². The summed E-state index contributed by atoms with van der Waals surface area (Å²) in [5.74, 6) is -0.674. The zero-order valence-electron chi connectivity index (χ0n) is 11.6. The molecule has 0 aliphatic rings. The molecular formula is C14H15ClF3N3. The Hall–Kier alpha value is -1.53. The molecular weight excluding hydrogens is 303 g/mol. The van der Waals surface area contributed by atoms with Crippen LogP contribution < -0.4 is 5.32 Å². The van der Waals surface area contributed by atoms with Crippen LogP contribution in [0, 0.1) is 5.82 Å². The Bertz CT molecular complexity index is 626. The molecule has 0 aliphatic heterocycles. The maximum atomic E-state index is 13.5. The fourth-order valence-corrected chi connectivity index (χ4v) is 2.01. The SMILES string of the molecule is CC(C)NCc1cnn(-c2ccc(Cl)c(F)c2)c1C(F)F. The van der Waals surface area contributed by atoms with Gasteiger partial charge in [-0.25, -0.2) is 17.9 Å². The Balaban J connectivity index is 2.41. The van der Waals surface area contributed by atoms with Gasteiger partial charge in [-0.3, -0.25) is 0 Å². The van der Waals surface area contributed by atoms with Crippen LogP contribution in [0.2, 0.25) is 5.02 Å². The first-order chi connectivity index (χ1) is 9.90. The van der Waals surface area contributed by atoms with Crippen molar-refractivity contribution in [3.05, 3.63) is 46.5 Å². The van der Waals surface area contributed by atoms with E-state index in [9.17, 15) is 13.2 Å². The molecule has 1 aromatic heterocycles.